The van der Waals surface area contributed by atoms with Crippen LogP contribution in [0.5, 0.6) is 0 Å². The molecule has 1 aliphatic heterocycles. The van der Waals surface area contributed by atoms with Gasteiger partial charge in [-0.2, -0.15) is 0 Å². The van der Waals surface area contributed by atoms with Crippen molar-refractivity contribution in [2.24, 2.45) is 0 Å². The fourth-order valence-corrected chi connectivity index (χ4v) is 3.73. The molecular formula is C20H31N3O2. The lowest BCUT2D eigenvalue weighted by Gasteiger charge is -2.36. The van der Waals surface area contributed by atoms with Gasteiger partial charge in [0.25, 0.3) is 0 Å². The van der Waals surface area contributed by atoms with Crippen molar-refractivity contribution in [3.05, 3.63) is 35.4 Å². The number of hydrogen-bond acceptors (Lipinski definition) is 3. The summed E-state index contributed by atoms with van der Waals surface area (Å²) < 4.78 is 0. The summed E-state index contributed by atoms with van der Waals surface area (Å²) in [6.07, 6.45) is 1.18. The van der Waals surface area contributed by atoms with E-state index in [-0.39, 0.29) is 17.9 Å². The maximum Gasteiger partial charge on any atom is 0.222 e. The van der Waals surface area contributed by atoms with E-state index in [1.807, 2.05) is 23.1 Å². The van der Waals surface area contributed by atoms with Crippen LogP contribution in [0, 0.1) is 0 Å². The summed E-state index contributed by atoms with van der Waals surface area (Å²) in [6.45, 7) is 11.2. The number of carbonyl (C=O) groups excluding carboxylic acids is 2. The molecule has 0 saturated carbocycles. The van der Waals surface area contributed by atoms with Crippen LogP contribution in [0.3, 0.4) is 0 Å². The Hall–Kier alpha value is -1.88. The van der Waals surface area contributed by atoms with Crippen LogP contribution in [0.1, 0.15) is 51.3 Å². The van der Waals surface area contributed by atoms with Crippen molar-refractivity contribution in [1.82, 2.24) is 15.1 Å². The lowest BCUT2D eigenvalue weighted by Crippen LogP contribution is -2.44. The predicted octanol–water partition coefficient (Wildman–Crippen LogP) is 2.37. The predicted molar refractivity (Wildman–Crippen MR) is 100 cm³/mol. The maximum absolute atomic E-state index is 12.5. The summed E-state index contributed by atoms with van der Waals surface area (Å²) in [5, 5.41) is 3.05. The van der Waals surface area contributed by atoms with Crippen LogP contribution < -0.4 is 5.32 Å². The summed E-state index contributed by atoms with van der Waals surface area (Å²) in [4.78, 5) is 28.7. The Bertz CT molecular complexity index is 598. The van der Waals surface area contributed by atoms with Gasteiger partial charge >= 0.3 is 0 Å². The second-order valence-corrected chi connectivity index (χ2v) is 6.76. The van der Waals surface area contributed by atoms with Crippen molar-refractivity contribution in [2.45, 2.75) is 52.6 Å². The number of amides is 2. The van der Waals surface area contributed by atoms with Crippen LogP contribution in [0.25, 0.3) is 0 Å². The van der Waals surface area contributed by atoms with Gasteiger partial charge in [-0.25, -0.2) is 0 Å². The molecule has 0 fully saturated rings. The van der Waals surface area contributed by atoms with E-state index < -0.39 is 0 Å². The molecule has 1 N–H and O–H groups in total. The molecule has 2 unspecified atom stereocenters. The molecule has 25 heavy (non-hydrogen) atoms. The first-order valence-corrected chi connectivity index (χ1v) is 9.33. The molecule has 0 spiro atoms. The summed E-state index contributed by atoms with van der Waals surface area (Å²) in [5.41, 5.74) is 2.35. The molecule has 0 aromatic heterocycles. The molecule has 5 nitrogen and oxygen atoms in total. The summed E-state index contributed by atoms with van der Waals surface area (Å²) in [7, 11) is 0. The number of nitrogens with zero attached hydrogens (tertiary/aromatic N) is 2. The van der Waals surface area contributed by atoms with Crippen molar-refractivity contribution in [1.29, 1.82) is 0 Å². The Labute approximate surface area is 151 Å². The Morgan fingerprint density at radius 2 is 1.96 bits per heavy atom. The first-order valence-electron chi connectivity index (χ1n) is 9.33. The van der Waals surface area contributed by atoms with Crippen LogP contribution in [-0.2, 0) is 16.0 Å². The Morgan fingerprint density at radius 1 is 1.28 bits per heavy atom. The van der Waals surface area contributed by atoms with Gasteiger partial charge < -0.3 is 10.2 Å². The highest BCUT2D eigenvalue weighted by Crippen LogP contribution is 2.32. The topological polar surface area (TPSA) is 52.7 Å². The minimum absolute atomic E-state index is 0.00644. The normalized spacial score (nSPS) is 18.0. The highest BCUT2D eigenvalue weighted by atomic mass is 16.2. The first kappa shape index (κ1) is 19.4. The molecule has 1 heterocycles. The van der Waals surface area contributed by atoms with Crippen LogP contribution in [0.2, 0.25) is 0 Å². The highest BCUT2D eigenvalue weighted by molar-refractivity contribution is 5.79. The van der Waals surface area contributed by atoms with Crippen molar-refractivity contribution in [2.75, 3.05) is 26.2 Å². The second kappa shape index (κ2) is 8.99. The van der Waals surface area contributed by atoms with E-state index in [1.165, 1.54) is 5.56 Å². The molecule has 1 aromatic carbocycles. The zero-order chi connectivity index (χ0) is 18.4. The van der Waals surface area contributed by atoms with E-state index in [2.05, 4.69) is 37.1 Å². The van der Waals surface area contributed by atoms with Crippen molar-refractivity contribution in [3.63, 3.8) is 0 Å². The van der Waals surface area contributed by atoms with Crippen LogP contribution in [0.15, 0.2) is 24.3 Å². The number of fused-ring (bicyclic) bond motifs is 1. The molecule has 1 aromatic rings. The summed E-state index contributed by atoms with van der Waals surface area (Å²) in [5.74, 6) is 0.0378. The van der Waals surface area contributed by atoms with Gasteiger partial charge in [0.2, 0.25) is 11.8 Å². The van der Waals surface area contributed by atoms with E-state index in [0.29, 0.717) is 25.6 Å². The average Bonchev–Trinajstić information content (AvgIpc) is 2.61. The fraction of sp³-hybridized carbons (Fsp3) is 0.600. The molecule has 0 radical (unpaired) electrons. The van der Waals surface area contributed by atoms with Crippen LogP contribution in [0.4, 0.5) is 0 Å². The number of likely N-dealkylation sites (N-methyl/N-ethyl adjacent to an activating group) is 1. The van der Waals surface area contributed by atoms with Gasteiger partial charge in [0.15, 0.2) is 0 Å². The molecule has 2 amide bonds. The molecule has 5 heteroatoms. The molecule has 138 valence electrons. The van der Waals surface area contributed by atoms with Gasteiger partial charge in [0.05, 0.1) is 12.5 Å². The second-order valence-electron chi connectivity index (χ2n) is 6.76. The first-order chi connectivity index (χ1) is 12.0. The van der Waals surface area contributed by atoms with Crippen molar-refractivity contribution >= 4 is 11.8 Å². The maximum atomic E-state index is 12.5. The average molecular weight is 345 g/mol. The van der Waals surface area contributed by atoms with Gasteiger partial charge in [0.1, 0.15) is 0 Å². The Morgan fingerprint density at radius 3 is 2.60 bits per heavy atom. The molecule has 2 atom stereocenters. The molecule has 1 aliphatic rings. The van der Waals surface area contributed by atoms with E-state index in [9.17, 15) is 9.59 Å². The molecule has 0 saturated heterocycles. The third kappa shape index (κ3) is 4.82. The number of nitrogens with one attached hydrogen (secondary N) is 1. The molecule has 0 bridgehead atoms. The van der Waals surface area contributed by atoms with Crippen LogP contribution >= 0.6 is 0 Å². The monoisotopic (exact) mass is 345 g/mol. The van der Waals surface area contributed by atoms with Gasteiger partial charge in [-0.3, -0.25) is 14.5 Å². The highest BCUT2D eigenvalue weighted by Gasteiger charge is 2.30. The van der Waals surface area contributed by atoms with E-state index in [1.54, 1.807) is 6.92 Å². The molecule has 0 aliphatic carbocycles. The Balaban J connectivity index is 2.03. The van der Waals surface area contributed by atoms with Gasteiger partial charge in [-0.05, 0) is 37.6 Å². The Kier molecular flexibility index (Phi) is 7.00. The van der Waals surface area contributed by atoms with E-state index >= 15 is 0 Å². The quantitative estimate of drug-likeness (QED) is 0.825. The van der Waals surface area contributed by atoms with E-state index in [4.69, 9.17) is 0 Å². The van der Waals surface area contributed by atoms with Crippen molar-refractivity contribution in [3.8, 4) is 0 Å². The van der Waals surface area contributed by atoms with Crippen molar-refractivity contribution < 1.29 is 9.59 Å². The van der Waals surface area contributed by atoms with Crippen LogP contribution in [-0.4, -0.2) is 53.8 Å². The summed E-state index contributed by atoms with van der Waals surface area (Å²) in [6, 6.07) is 8.29. The third-order valence-corrected chi connectivity index (χ3v) is 5.23. The number of benzene rings is 1. The number of hydrogen-bond donors (Lipinski definition) is 1. The third-order valence-electron chi connectivity index (χ3n) is 5.23. The standard InChI is InChI=1S/C20H31N3O2/c1-5-22(6-2)15(3)14-21-20(25)13-19-18-10-8-7-9-17(18)11-12-23(19)16(4)24/h7-10,15,19H,5-6,11-14H2,1-4H3,(H,21,25). The minimum Gasteiger partial charge on any atom is -0.354 e. The number of carbonyl (C=O) groups is 2. The smallest absolute Gasteiger partial charge is 0.222 e. The molecule has 2 rings (SSSR count). The lowest BCUT2D eigenvalue weighted by atomic mass is 9.90. The van der Waals surface area contributed by atoms with E-state index in [0.717, 1.165) is 25.1 Å². The lowest BCUT2D eigenvalue weighted by molar-refractivity contribution is -0.133. The minimum atomic E-state index is -0.161. The van der Waals surface area contributed by atoms with Gasteiger partial charge in [0, 0.05) is 26.1 Å². The van der Waals surface area contributed by atoms with Gasteiger partial charge in [-0.1, -0.05) is 38.1 Å². The zero-order valence-electron chi connectivity index (χ0n) is 15.9. The van der Waals surface area contributed by atoms with Gasteiger partial charge in [-0.15, -0.1) is 0 Å². The largest absolute Gasteiger partial charge is 0.354 e. The zero-order valence-corrected chi connectivity index (χ0v) is 15.9. The number of rotatable bonds is 7. The SMILES string of the molecule is CCN(CC)C(C)CNC(=O)CC1c2ccccc2CCN1C(C)=O. The molecular weight excluding hydrogens is 314 g/mol. The summed E-state index contributed by atoms with van der Waals surface area (Å²) >= 11 is 0. The fourth-order valence-electron chi connectivity index (χ4n) is 3.73.